The quantitative estimate of drug-likeness (QED) is 0.817. The Morgan fingerprint density at radius 3 is 2.38 bits per heavy atom. The summed E-state index contributed by atoms with van der Waals surface area (Å²) >= 11 is 12.3. The molecule has 0 amide bonds. The highest BCUT2D eigenvalue weighted by molar-refractivity contribution is 6.37. The highest BCUT2D eigenvalue weighted by Gasteiger charge is 2.04. The Morgan fingerprint density at radius 2 is 1.71 bits per heavy atom. The number of benzene rings is 2. The molecular formula is C17H17Cl2NO. The molecule has 0 aromatic heterocycles. The van der Waals surface area contributed by atoms with E-state index < -0.39 is 6.10 Å². The lowest BCUT2D eigenvalue weighted by Crippen LogP contribution is -2.21. The first kappa shape index (κ1) is 16.1. The molecule has 4 heteroatoms. The van der Waals surface area contributed by atoms with Crippen molar-refractivity contribution in [3.63, 3.8) is 0 Å². The molecule has 0 fully saturated rings. The first-order chi connectivity index (χ1) is 10.1. The summed E-state index contributed by atoms with van der Waals surface area (Å²) in [5.41, 5.74) is 8.29. The fraction of sp³-hybridized carbons (Fsp3) is 0.176. The summed E-state index contributed by atoms with van der Waals surface area (Å²) in [5.74, 6) is 0. The third-order valence-electron chi connectivity index (χ3n) is 3.14. The van der Waals surface area contributed by atoms with Gasteiger partial charge in [0.2, 0.25) is 0 Å². The van der Waals surface area contributed by atoms with Crippen molar-refractivity contribution in [2.45, 2.75) is 12.5 Å². The van der Waals surface area contributed by atoms with Crippen LogP contribution < -0.4 is 5.73 Å². The Bertz CT molecular complexity index is 620. The van der Waals surface area contributed by atoms with Crippen molar-refractivity contribution in [1.82, 2.24) is 0 Å². The maximum absolute atomic E-state index is 9.61. The lowest BCUT2D eigenvalue weighted by Gasteiger charge is -2.08. The number of nitrogens with two attached hydrogens (primary N) is 1. The van der Waals surface area contributed by atoms with Gasteiger partial charge in [0.25, 0.3) is 0 Å². The minimum Gasteiger partial charge on any atom is -0.391 e. The molecule has 0 saturated heterocycles. The average Bonchev–Trinajstić information content (AvgIpc) is 2.47. The van der Waals surface area contributed by atoms with Gasteiger partial charge in [0.15, 0.2) is 0 Å². The SMILES string of the molecule is NCC(O)Cc1cccc(C=Cc2c(Cl)cccc2Cl)c1. The van der Waals surface area contributed by atoms with Crippen LogP contribution in [0, 0.1) is 0 Å². The van der Waals surface area contributed by atoms with E-state index in [4.69, 9.17) is 28.9 Å². The maximum atomic E-state index is 9.61. The molecule has 2 aromatic carbocycles. The molecular weight excluding hydrogens is 305 g/mol. The molecule has 0 aliphatic rings. The van der Waals surface area contributed by atoms with Crippen LogP contribution in [0.4, 0.5) is 0 Å². The molecule has 2 rings (SSSR count). The number of aliphatic hydroxyl groups excluding tert-OH is 1. The highest BCUT2D eigenvalue weighted by Crippen LogP contribution is 2.26. The molecule has 0 saturated carbocycles. The molecule has 0 spiro atoms. The maximum Gasteiger partial charge on any atom is 0.0702 e. The zero-order valence-corrected chi connectivity index (χ0v) is 13.0. The summed E-state index contributed by atoms with van der Waals surface area (Å²) in [7, 11) is 0. The van der Waals surface area contributed by atoms with Crippen molar-refractivity contribution in [2.24, 2.45) is 5.73 Å². The van der Waals surface area contributed by atoms with Gasteiger partial charge in [0.1, 0.15) is 0 Å². The van der Waals surface area contributed by atoms with Crippen molar-refractivity contribution in [3.05, 3.63) is 69.2 Å². The van der Waals surface area contributed by atoms with Gasteiger partial charge in [-0.3, -0.25) is 0 Å². The van der Waals surface area contributed by atoms with Gasteiger partial charge >= 0.3 is 0 Å². The minimum absolute atomic E-state index is 0.259. The molecule has 110 valence electrons. The van der Waals surface area contributed by atoms with E-state index in [1.54, 1.807) is 12.1 Å². The Hall–Kier alpha value is -1.32. The molecule has 1 unspecified atom stereocenters. The van der Waals surface area contributed by atoms with Gasteiger partial charge in [0.05, 0.1) is 6.10 Å². The first-order valence-electron chi connectivity index (χ1n) is 6.69. The summed E-state index contributed by atoms with van der Waals surface area (Å²) in [6, 6.07) is 13.4. The molecule has 0 radical (unpaired) electrons. The fourth-order valence-corrected chi connectivity index (χ4v) is 2.55. The van der Waals surface area contributed by atoms with Gasteiger partial charge in [-0.25, -0.2) is 0 Å². The second-order valence-electron chi connectivity index (χ2n) is 4.81. The molecule has 0 heterocycles. The van der Waals surface area contributed by atoms with E-state index in [1.165, 1.54) is 0 Å². The van der Waals surface area contributed by atoms with Crippen LogP contribution in [0.15, 0.2) is 42.5 Å². The molecule has 2 aromatic rings. The van der Waals surface area contributed by atoms with Gasteiger partial charge < -0.3 is 10.8 Å². The molecule has 0 aliphatic heterocycles. The smallest absolute Gasteiger partial charge is 0.0702 e. The van der Waals surface area contributed by atoms with Gasteiger partial charge in [-0.15, -0.1) is 0 Å². The predicted molar refractivity (Wildman–Crippen MR) is 90.6 cm³/mol. The van der Waals surface area contributed by atoms with Crippen LogP contribution in [0.3, 0.4) is 0 Å². The average molecular weight is 322 g/mol. The number of halogens is 2. The lowest BCUT2D eigenvalue weighted by atomic mass is 10.0. The standard InChI is InChI=1S/C17H17Cl2NO/c18-16-5-2-6-17(19)15(16)8-7-12-3-1-4-13(9-12)10-14(21)11-20/h1-9,14,21H,10-11,20H2. The Morgan fingerprint density at radius 1 is 1.05 bits per heavy atom. The zero-order chi connectivity index (χ0) is 15.2. The summed E-state index contributed by atoms with van der Waals surface area (Å²) in [6.07, 6.45) is 3.88. The van der Waals surface area contributed by atoms with Gasteiger partial charge in [0, 0.05) is 22.2 Å². The normalized spacial score (nSPS) is 12.8. The molecule has 1 atom stereocenters. The van der Waals surface area contributed by atoms with Crippen LogP contribution in [0.2, 0.25) is 10.0 Å². The van der Waals surface area contributed by atoms with Gasteiger partial charge in [-0.2, -0.15) is 0 Å². The number of hydrogen-bond acceptors (Lipinski definition) is 2. The Labute approximate surface area is 134 Å². The van der Waals surface area contributed by atoms with E-state index in [0.29, 0.717) is 16.5 Å². The van der Waals surface area contributed by atoms with Crippen LogP contribution >= 0.6 is 23.2 Å². The van der Waals surface area contributed by atoms with E-state index in [9.17, 15) is 5.11 Å². The van der Waals surface area contributed by atoms with Crippen molar-refractivity contribution in [2.75, 3.05) is 6.54 Å². The van der Waals surface area contributed by atoms with E-state index in [0.717, 1.165) is 16.7 Å². The van der Waals surface area contributed by atoms with Crippen molar-refractivity contribution >= 4 is 35.4 Å². The first-order valence-corrected chi connectivity index (χ1v) is 7.45. The highest BCUT2D eigenvalue weighted by atomic mass is 35.5. The summed E-state index contributed by atoms with van der Waals surface area (Å²) in [6.45, 7) is 0.259. The molecule has 2 nitrogen and oxygen atoms in total. The molecule has 0 bridgehead atoms. The second-order valence-corrected chi connectivity index (χ2v) is 5.62. The zero-order valence-electron chi connectivity index (χ0n) is 11.5. The van der Waals surface area contributed by atoms with E-state index in [2.05, 4.69) is 0 Å². The topological polar surface area (TPSA) is 46.2 Å². The van der Waals surface area contributed by atoms with Crippen molar-refractivity contribution < 1.29 is 5.11 Å². The number of rotatable bonds is 5. The molecule has 21 heavy (non-hydrogen) atoms. The fourth-order valence-electron chi connectivity index (χ4n) is 2.03. The van der Waals surface area contributed by atoms with Crippen LogP contribution in [0.1, 0.15) is 16.7 Å². The number of hydrogen-bond donors (Lipinski definition) is 2. The third-order valence-corrected chi connectivity index (χ3v) is 3.80. The summed E-state index contributed by atoms with van der Waals surface area (Å²) in [4.78, 5) is 0. The lowest BCUT2D eigenvalue weighted by molar-refractivity contribution is 0.183. The van der Waals surface area contributed by atoms with Crippen LogP contribution in [0.5, 0.6) is 0 Å². The van der Waals surface area contributed by atoms with Crippen LogP contribution in [0.25, 0.3) is 12.2 Å². The molecule has 0 aliphatic carbocycles. The Kier molecular flexibility index (Phi) is 5.83. The summed E-state index contributed by atoms with van der Waals surface area (Å²) in [5, 5.41) is 10.8. The Balaban J connectivity index is 2.19. The minimum atomic E-state index is -0.512. The van der Waals surface area contributed by atoms with Gasteiger partial charge in [-0.1, -0.05) is 65.7 Å². The second kappa shape index (κ2) is 7.62. The predicted octanol–water partition coefficient (Wildman–Crippen LogP) is 4.03. The van der Waals surface area contributed by atoms with E-state index in [1.807, 2.05) is 42.5 Å². The monoisotopic (exact) mass is 321 g/mol. The third kappa shape index (κ3) is 4.58. The summed E-state index contributed by atoms with van der Waals surface area (Å²) < 4.78 is 0. The van der Waals surface area contributed by atoms with Crippen LogP contribution in [-0.2, 0) is 6.42 Å². The van der Waals surface area contributed by atoms with E-state index in [-0.39, 0.29) is 6.54 Å². The van der Waals surface area contributed by atoms with Crippen molar-refractivity contribution in [3.8, 4) is 0 Å². The van der Waals surface area contributed by atoms with E-state index >= 15 is 0 Å². The van der Waals surface area contributed by atoms with Crippen LogP contribution in [-0.4, -0.2) is 17.8 Å². The largest absolute Gasteiger partial charge is 0.391 e. The van der Waals surface area contributed by atoms with Crippen molar-refractivity contribution in [1.29, 1.82) is 0 Å². The number of aliphatic hydroxyl groups is 1. The molecule has 3 N–H and O–H groups in total. The van der Waals surface area contributed by atoms with Gasteiger partial charge in [-0.05, 0) is 29.7 Å².